The van der Waals surface area contributed by atoms with Crippen LogP contribution in [0.4, 0.5) is 0 Å². The van der Waals surface area contributed by atoms with Crippen LogP contribution >= 0.6 is 15.9 Å². The van der Waals surface area contributed by atoms with E-state index >= 15 is 0 Å². The monoisotopic (exact) mass is 1830 g/mol. The van der Waals surface area contributed by atoms with E-state index < -0.39 is 180 Å². The summed E-state index contributed by atoms with van der Waals surface area (Å²) in [4.78, 5) is 102. The molecule has 17 N–H and O–H groups in total. The quantitative estimate of drug-likeness (QED) is 0.0199. The molecule has 0 aromatic carbocycles. The minimum Gasteiger partial charge on any atom is -0.394 e. The highest BCUT2D eigenvalue weighted by Gasteiger charge is 2.47. The van der Waals surface area contributed by atoms with Gasteiger partial charge < -0.3 is 164 Å². The van der Waals surface area contributed by atoms with Crippen molar-refractivity contribution in [3.8, 4) is 0 Å². The number of piperidine rings is 1. The first-order valence-electron chi connectivity index (χ1n) is 41.3. The van der Waals surface area contributed by atoms with Crippen LogP contribution in [0.15, 0.2) is 0 Å². The van der Waals surface area contributed by atoms with Crippen molar-refractivity contribution < 1.29 is 169 Å². The fraction of sp³-hybridized carbons (Fsp3) is 0.893. The van der Waals surface area contributed by atoms with Crippen LogP contribution in [0, 0.1) is 0 Å². The number of amides is 8. The van der Waals surface area contributed by atoms with Gasteiger partial charge in [0.05, 0.1) is 212 Å². The Bertz CT molecular complexity index is 2770. The van der Waals surface area contributed by atoms with Crippen molar-refractivity contribution in [2.24, 2.45) is 0 Å². The van der Waals surface area contributed by atoms with Crippen LogP contribution in [0.25, 0.3) is 0 Å². The minimum absolute atomic E-state index is 0.0248. The highest BCUT2D eigenvalue weighted by Crippen LogP contribution is 2.28. The minimum atomic E-state index is -3.59. The Morgan fingerprint density at radius 2 is 0.686 bits per heavy atom. The number of ether oxygens (including phenoxy) is 16. The SMILES string of the molecule is CC(=O)N[C@@H]1[C@@H](O)[C@@H](O)[C@@H](CO)O[C@@H]1CCCOCCOCCNC(=O)CCOCC(COCCC(=O)NCCOCCOCCC[C@H]1O[C@H](CO)[C@H](O)[C@H](O)[C@H]1NC(C)=O)(COCCC(=O)NCCOCCOCCC[C@H]1O[C@H](CO)[C@H](O)[C@H](O)[C@H]1NC(C)=O)NC(=O)COCCOCCOCCOCCNS(=O)(=O)C1CCN(C(=O)CBr)CC1. The standard InChI is InChI=1S/C75H136BrN9O35S/c1-51(89)81-66-55(118-58(44-86)69(97)72(66)100)7-4-21-105-31-34-108-27-15-77-61(92)12-24-115-48-75(49-116-25-13-62(93)78-16-28-109-35-32-106-22-5-8-56-67(82-52(2)90)73(101)70(98)59(45-87)119-56,50-117-26-14-63(94)79-17-29-110-36-33-107-23-6-9-57-68(83-53(3)91)74(102)71(99)60(46-88)120-57)84-64(95)47-114-42-41-113-40-39-112-38-37-111-30-18-80-121(103,104)54-10-19-85(20-11-54)65(96)43-76/h54-60,66-74,80,86-88,97-102H,4-50H2,1-3H3,(H,77,92)(H,78,93)(H,79,94)(H,81,89)(H,82,90)(H,83,91)(H,84,95)/t55-,56-,57-,58-,59-,60-,66+,67+,68+,69+,70+,71+,72-,73-,74-/m1/s1. The van der Waals surface area contributed by atoms with Crippen molar-refractivity contribution >= 4 is 73.2 Å². The average molecular weight is 1840 g/mol. The van der Waals surface area contributed by atoms with Crippen LogP contribution < -0.4 is 41.9 Å². The van der Waals surface area contributed by atoms with Crippen LogP contribution in [0.1, 0.15) is 91.4 Å². The molecule has 4 saturated heterocycles. The summed E-state index contributed by atoms with van der Waals surface area (Å²) in [6.45, 7) is 4.77. The summed E-state index contributed by atoms with van der Waals surface area (Å²) in [6.07, 6.45) is -10.7. The van der Waals surface area contributed by atoms with Crippen LogP contribution in [0.5, 0.6) is 0 Å². The van der Waals surface area contributed by atoms with E-state index in [-0.39, 0.29) is 222 Å². The first kappa shape index (κ1) is 108. The lowest BCUT2D eigenvalue weighted by molar-refractivity contribution is -0.197. The molecule has 0 aromatic heterocycles. The number of hydrogen-bond donors (Lipinski definition) is 17. The number of aliphatic hydroxyl groups excluding tert-OH is 9. The van der Waals surface area contributed by atoms with E-state index in [1.165, 1.54) is 20.8 Å². The second-order valence-electron chi connectivity index (χ2n) is 29.2. The van der Waals surface area contributed by atoms with Crippen LogP contribution in [0.3, 0.4) is 0 Å². The number of rotatable bonds is 69. The third kappa shape index (κ3) is 44.9. The van der Waals surface area contributed by atoms with Gasteiger partial charge in [-0.05, 0) is 51.4 Å². The fourth-order valence-corrected chi connectivity index (χ4v) is 15.1. The van der Waals surface area contributed by atoms with Crippen LogP contribution in [0.2, 0.25) is 0 Å². The van der Waals surface area contributed by atoms with Crippen LogP contribution in [-0.2, 0) is 124 Å². The molecule has 4 fully saturated rings. The smallest absolute Gasteiger partial charge is 0.246 e. The molecule has 4 rings (SSSR count). The summed E-state index contributed by atoms with van der Waals surface area (Å²) >= 11 is 3.14. The first-order chi connectivity index (χ1) is 58.2. The van der Waals surface area contributed by atoms with Crippen LogP contribution in [-0.4, -0.2) is 445 Å². The van der Waals surface area contributed by atoms with E-state index in [2.05, 4.69) is 57.9 Å². The Morgan fingerprint density at radius 1 is 0.388 bits per heavy atom. The third-order valence-electron chi connectivity index (χ3n) is 19.6. The Labute approximate surface area is 715 Å². The summed E-state index contributed by atoms with van der Waals surface area (Å²) in [7, 11) is -3.59. The molecule has 0 radical (unpaired) electrons. The lowest BCUT2D eigenvalue weighted by Crippen LogP contribution is -2.63. The molecule has 44 nitrogen and oxygen atoms in total. The van der Waals surface area contributed by atoms with Crippen molar-refractivity contribution in [3.63, 3.8) is 0 Å². The number of sulfonamides is 1. The Balaban J connectivity index is 1.27. The third-order valence-corrected chi connectivity index (χ3v) is 22.0. The highest BCUT2D eigenvalue weighted by molar-refractivity contribution is 9.09. The fourth-order valence-electron chi connectivity index (χ4n) is 13.3. The predicted molar refractivity (Wildman–Crippen MR) is 429 cm³/mol. The van der Waals surface area contributed by atoms with Gasteiger partial charge in [0.25, 0.3) is 0 Å². The van der Waals surface area contributed by atoms with E-state index in [9.17, 15) is 92.7 Å². The van der Waals surface area contributed by atoms with Gasteiger partial charge in [-0.15, -0.1) is 0 Å². The molecule has 4 aliphatic heterocycles. The summed E-state index contributed by atoms with van der Waals surface area (Å²) in [6, 6.07) is -2.68. The Morgan fingerprint density at radius 3 is 0.992 bits per heavy atom. The molecule has 0 bridgehead atoms. The van der Waals surface area contributed by atoms with Crippen molar-refractivity contribution in [2.75, 3.05) is 236 Å². The van der Waals surface area contributed by atoms with Gasteiger partial charge in [0, 0.05) is 99.1 Å². The number of carbonyl (C=O) groups is 8. The topological polar surface area (TPSA) is 600 Å². The van der Waals surface area contributed by atoms with E-state index in [1.54, 1.807) is 4.90 Å². The summed E-state index contributed by atoms with van der Waals surface area (Å²) in [5, 5.41) is 110. The Kier molecular flexibility index (Phi) is 57.4. The number of likely N-dealkylation sites (tertiary alicyclic amines) is 1. The number of hydrogen-bond acceptors (Lipinski definition) is 35. The number of halogens is 1. The maximum atomic E-state index is 13.8. The van der Waals surface area contributed by atoms with Crippen molar-refractivity contribution in [3.05, 3.63) is 0 Å². The molecule has 121 heavy (non-hydrogen) atoms. The van der Waals surface area contributed by atoms with Crippen molar-refractivity contribution in [1.82, 2.24) is 46.8 Å². The second kappa shape index (κ2) is 64.0. The molecule has 0 spiro atoms. The second-order valence-corrected chi connectivity index (χ2v) is 31.8. The molecule has 4 aliphatic rings. The number of carbonyl (C=O) groups excluding carboxylic acids is 8. The maximum Gasteiger partial charge on any atom is 0.246 e. The molecule has 4 heterocycles. The van der Waals surface area contributed by atoms with E-state index in [4.69, 9.17) is 75.8 Å². The molecule has 0 saturated carbocycles. The summed E-state index contributed by atoms with van der Waals surface area (Å²) in [5.41, 5.74) is -1.53. The van der Waals surface area contributed by atoms with Crippen molar-refractivity contribution in [2.45, 2.75) is 194 Å². The van der Waals surface area contributed by atoms with E-state index in [0.29, 0.717) is 64.5 Å². The number of nitrogens with zero attached hydrogens (tertiary/aromatic N) is 1. The molecule has 46 heteroatoms. The highest BCUT2D eigenvalue weighted by atomic mass is 79.9. The van der Waals surface area contributed by atoms with Gasteiger partial charge in [-0.2, -0.15) is 0 Å². The maximum absolute atomic E-state index is 13.8. The zero-order chi connectivity index (χ0) is 88.6. The number of alkyl halides is 1. The van der Waals surface area contributed by atoms with Gasteiger partial charge in [-0.25, -0.2) is 13.1 Å². The number of nitrogens with one attached hydrogen (secondary N) is 8. The normalized spacial score (nSPS) is 24.1. The largest absolute Gasteiger partial charge is 0.394 e. The van der Waals surface area contributed by atoms with Gasteiger partial charge in [-0.1, -0.05) is 15.9 Å². The van der Waals surface area contributed by atoms with Crippen molar-refractivity contribution in [1.29, 1.82) is 0 Å². The molecular formula is C75H136BrN9O35S. The molecule has 0 unspecified atom stereocenters. The lowest BCUT2D eigenvalue weighted by Gasteiger charge is -2.42. The van der Waals surface area contributed by atoms with Gasteiger partial charge in [0.15, 0.2) is 0 Å². The summed E-state index contributed by atoms with van der Waals surface area (Å²) < 4.78 is 120. The molecule has 704 valence electrons. The predicted octanol–water partition coefficient (Wildman–Crippen LogP) is -7.82. The molecular weight excluding hydrogens is 1700 g/mol. The zero-order valence-corrected chi connectivity index (χ0v) is 72.2. The Hall–Kier alpha value is -4.85. The zero-order valence-electron chi connectivity index (χ0n) is 69.8. The summed E-state index contributed by atoms with van der Waals surface area (Å²) in [5.74, 6) is -3.20. The van der Waals surface area contributed by atoms with Gasteiger partial charge in [0.2, 0.25) is 57.3 Å². The molecule has 15 atom stereocenters. The average Bonchev–Trinajstić information content (AvgIpc) is 0.812. The van der Waals surface area contributed by atoms with Gasteiger partial charge in [0.1, 0.15) is 67.1 Å². The number of aliphatic hydroxyl groups is 9. The van der Waals surface area contributed by atoms with Gasteiger partial charge >= 0.3 is 0 Å². The van der Waals surface area contributed by atoms with E-state index in [1.807, 2.05) is 0 Å². The van der Waals surface area contributed by atoms with Gasteiger partial charge in [-0.3, -0.25) is 38.4 Å². The molecule has 0 aromatic rings. The van der Waals surface area contributed by atoms with E-state index in [0.717, 1.165) is 0 Å². The lowest BCUT2D eigenvalue weighted by atomic mass is 9.90. The molecule has 8 amide bonds. The molecule has 0 aliphatic carbocycles. The first-order valence-corrected chi connectivity index (χ1v) is 44.0.